The monoisotopic (exact) mass is 243 g/mol. The Morgan fingerprint density at radius 3 is 2.41 bits per heavy atom. The number of hydrogen-bond donors (Lipinski definition) is 0. The van der Waals surface area contributed by atoms with Crippen molar-refractivity contribution < 1.29 is 23.1 Å². The molecule has 0 aliphatic carbocycles. The van der Waals surface area contributed by atoms with Crippen LogP contribution in [0.25, 0.3) is 0 Å². The van der Waals surface area contributed by atoms with Crippen LogP contribution in [0.3, 0.4) is 0 Å². The summed E-state index contributed by atoms with van der Waals surface area (Å²) in [6.07, 6.45) is -3.12. The number of rotatable bonds is 3. The van der Waals surface area contributed by atoms with Crippen LogP contribution in [-0.4, -0.2) is 32.5 Å². The van der Waals surface area contributed by atoms with Crippen molar-refractivity contribution in [3.05, 3.63) is 29.8 Å². The number of methoxy groups -OCH3 is 1. The molecule has 0 aromatic heterocycles. The molecule has 0 aliphatic rings. The summed E-state index contributed by atoms with van der Waals surface area (Å²) < 4.78 is 29.0. The number of carbonyl (C=O) groups is 2. The van der Waals surface area contributed by atoms with Crippen LogP contribution in [0.2, 0.25) is 0 Å². The zero-order chi connectivity index (χ0) is 13.0. The Balaban J connectivity index is 3.13. The smallest absolute Gasteiger partial charge is 0.339 e. The summed E-state index contributed by atoms with van der Waals surface area (Å²) in [6.45, 7) is 0. The maximum atomic E-state index is 12.3. The van der Waals surface area contributed by atoms with Crippen LogP contribution in [0, 0.1) is 0 Å². The van der Waals surface area contributed by atoms with Crippen LogP contribution in [0.15, 0.2) is 24.3 Å². The van der Waals surface area contributed by atoms with E-state index in [9.17, 15) is 18.4 Å². The molecular formula is C11H11F2NO3. The van der Waals surface area contributed by atoms with Crippen LogP contribution in [0.1, 0.15) is 10.4 Å². The Kier molecular flexibility index (Phi) is 4.14. The van der Waals surface area contributed by atoms with E-state index in [1.165, 1.54) is 32.4 Å². The van der Waals surface area contributed by atoms with Gasteiger partial charge in [-0.25, -0.2) is 4.79 Å². The van der Waals surface area contributed by atoms with Gasteiger partial charge in [0.05, 0.1) is 18.4 Å². The minimum Gasteiger partial charge on any atom is -0.465 e. The summed E-state index contributed by atoms with van der Waals surface area (Å²) in [7, 11) is 2.35. The third-order valence-corrected chi connectivity index (χ3v) is 2.19. The number of halogens is 2. The lowest BCUT2D eigenvalue weighted by Gasteiger charge is -2.19. The van der Waals surface area contributed by atoms with Gasteiger partial charge in [-0.15, -0.1) is 0 Å². The molecule has 0 saturated carbocycles. The molecule has 0 spiro atoms. The van der Waals surface area contributed by atoms with E-state index in [2.05, 4.69) is 4.74 Å². The molecule has 0 heterocycles. The van der Waals surface area contributed by atoms with Crippen molar-refractivity contribution in [2.24, 2.45) is 0 Å². The van der Waals surface area contributed by atoms with Gasteiger partial charge in [-0.1, -0.05) is 12.1 Å². The molecule has 17 heavy (non-hydrogen) atoms. The zero-order valence-electron chi connectivity index (χ0n) is 9.31. The lowest BCUT2D eigenvalue weighted by atomic mass is 10.1. The van der Waals surface area contributed by atoms with Crippen LogP contribution >= 0.6 is 0 Å². The summed E-state index contributed by atoms with van der Waals surface area (Å²) in [4.78, 5) is 23.2. The van der Waals surface area contributed by atoms with Gasteiger partial charge >= 0.3 is 12.4 Å². The molecule has 0 bridgehead atoms. The molecule has 0 atom stereocenters. The number of esters is 1. The fourth-order valence-corrected chi connectivity index (χ4v) is 1.31. The summed E-state index contributed by atoms with van der Waals surface area (Å²) in [5, 5.41) is 0. The highest BCUT2D eigenvalue weighted by Crippen LogP contribution is 2.21. The minimum absolute atomic E-state index is 0.0616. The molecule has 1 rings (SSSR count). The number of amides is 1. The first-order valence-corrected chi connectivity index (χ1v) is 4.72. The lowest BCUT2D eigenvalue weighted by Crippen LogP contribution is -2.33. The zero-order valence-corrected chi connectivity index (χ0v) is 9.31. The maximum absolute atomic E-state index is 12.3. The summed E-state index contributed by atoms with van der Waals surface area (Å²) in [6, 6.07) is 5.89. The first-order chi connectivity index (χ1) is 7.99. The quantitative estimate of drug-likeness (QED) is 0.759. The maximum Gasteiger partial charge on any atom is 0.339 e. The standard InChI is InChI=1S/C11H11F2NO3/c1-14(10(15)9(12)13)8-6-4-3-5-7(8)11(16)17-2/h3-6,9H,1-2H3. The number of hydrogen-bond acceptors (Lipinski definition) is 3. The first kappa shape index (κ1) is 13.1. The van der Waals surface area contributed by atoms with Gasteiger partial charge in [0.1, 0.15) is 0 Å². The van der Waals surface area contributed by atoms with E-state index in [1.54, 1.807) is 6.07 Å². The van der Waals surface area contributed by atoms with Gasteiger partial charge in [0.15, 0.2) is 0 Å². The molecule has 4 nitrogen and oxygen atoms in total. The molecule has 1 amide bonds. The average Bonchev–Trinajstić information content (AvgIpc) is 2.35. The number of alkyl halides is 2. The van der Waals surface area contributed by atoms with E-state index >= 15 is 0 Å². The van der Waals surface area contributed by atoms with Crippen molar-refractivity contribution in [3.8, 4) is 0 Å². The third kappa shape index (κ3) is 2.77. The number of benzene rings is 1. The Bertz CT molecular complexity index is 434. The van der Waals surface area contributed by atoms with E-state index in [1.807, 2.05) is 0 Å². The number of ether oxygens (including phenoxy) is 1. The first-order valence-electron chi connectivity index (χ1n) is 4.72. The number of nitrogens with zero attached hydrogens (tertiary/aromatic N) is 1. The van der Waals surface area contributed by atoms with Crippen molar-refractivity contribution in [1.29, 1.82) is 0 Å². The molecule has 0 saturated heterocycles. The topological polar surface area (TPSA) is 46.6 Å². The second-order valence-corrected chi connectivity index (χ2v) is 3.21. The Morgan fingerprint density at radius 2 is 1.88 bits per heavy atom. The van der Waals surface area contributed by atoms with E-state index in [-0.39, 0.29) is 11.3 Å². The van der Waals surface area contributed by atoms with Gasteiger partial charge in [-0.05, 0) is 12.1 Å². The highest BCUT2D eigenvalue weighted by atomic mass is 19.3. The molecule has 1 aromatic rings. The number of anilines is 1. The van der Waals surface area contributed by atoms with Crippen molar-refractivity contribution in [1.82, 2.24) is 0 Å². The molecule has 0 fully saturated rings. The predicted octanol–water partition coefficient (Wildman–Crippen LogP) is 1.70. The highest BCUT2D eigenvalue weighted by Gasteiger charge is 2.24. The van der Waals surface area contributed by atoms with Crippen molar-refractivity contribution in [2.45, 2.75) is 6.43 Å². The summed E-state index contributed by atoms with van der Waals surface area (Å²) in [5.74, 6) is -2.06. The molecular weight excluding hydrogens is 232 g/mol. The number of para-hydroxylation sites is 1. The van der Waals surface area contributed by atoms with Gasteiger partial charge in [-0.2, -0.15) is 8.78 Å². The van der Waals surface area contributed by atoms with Crippen LogP contribution in [0.4, 0.5) is 14.5 Å². The third-order valence-electron chi connectivity index (χ3n) is 2.19. The highest BCUT2D eigenvalue weighted by molar-refractivity contribution is 6.03. The molecule has 1 aromatic carbocycles. The van der Waals surface area contributed by atoms with E-state index < -0.39 is 18.3 Å². The largest absolute Gasteiger partial charge is 0.465 e. The van der Waals surface area contributed by atoms with Crippen molar-refractivity contribution in [2.75, 3.05) is 19.1 Å². The van der Waals surface area contributed by atoms with E-state index in [0.29, 0.717) is 0 Å². The van der Waals surface area contributed by atoms with Gasteiger partial charge in [-0.3, -0.25) is 4.79 Å². The van der Waals surface area contributed by atoms with Gasteiger partial charge in [0, 0.05) is 7.05 Å². The average molecular weight is 243 g/mol. The molecule has 0 unspecified atom stereocenters. The molecule has 92 valence electrons. The van der Waals surface area contributed by atoms with E-state index in [4.69, 9.17) is 0 Å². The second-order valence-electron chi connectivity index (χ2n) is 3.21. The molecule has 0 radical (unpaired) electrons. The SMILES string of the molecule is COC(=O)c1ccccc1N(C)C(=O)C(F)F. The van der Waals surface area contributed by atoms with Crippen molar-refractivity contribution in [3.63, 3.8) is 0 Å². The fourth-order valence-electron chi connectivity index (χ4n) is 1.31. The molecule has 0 N–H and O–H groups in total. The van der Waals surface area contributed by atoms with Gasteiger partial charge < -0.3 is 9.64 Å². The summed E-state index contributed by atoms with van der Waals surface area (Å²) in [5.41, 5.74) is 0.149. The minimum atomic E-state index is -3.12. The van der Waals surface area contributed by atoms with Gasteiger partial charge in [0.2, 0.25) is 0 Å². The van der Waals surface area contributed by atoms with Crippen LogP contribution in [-0.2, 0) is 9.53 Å². The molecule has 6 heteroatoms. The summed E-state index contributed by atoms with van der Waals surface area (Å²) >= 11 is 0. The fraction of sp³-hybridized carbons (Fsp3) is 0.273. The normalized spacial score (nSPS) is 10.2. The van der Waals surface area contributed by atoms with Crippen molar-refractivity contribution >= 4 is 17.6 Å². The Morgan fingerprint density at radius 1 is 1.29 bits per heavy atom. The Labute approximate surface area is 96.8 Å². The van der Waals surface area contributed by atoms with E-state index in [0.717, 1.165) is 4.90 Å². The predicted molar refractivity (Wildman–Crippen MR) is 57.2 cm³/mol. The lowest BCUT2D eigenvalue weighted by molar-refractivity contribution is -0.128. The second kappa shape index (κ2) is 5.38. The van der Waals surface area contributed by atoms with Gasteiger partial charge in [0.25, 0.3) is 5.91 Å². The van der Waals surface area contributed by atoms with Crippen LogP contribution < -0.4 is 4.90 Å². The van der Waals surface area contributed by atoms with Crippen LogP contribution in [0.5, 0.6) is 0 Å². The Hall–Kier alpha value is -1.98. The number of carbonyl (C=O) groups excluding carboxylic acids is 2. The molecule has 0 aliphatic heterocycles.